The van der Waals surface area contributed by atoms with Gasteiger partial charge in [-0.3, -0.25) is 9.59 Å². The summed E-state index contributed by atoms with van der Waals surface area (Å²) in [5.74, 6) is 0.0117. The molecule has 3 heterocycles. The Kier molecular flexibility index (Phi) is 5.30. The number of carbonyl (C=O) groups excluding carboxylic acids is 2. The molecule has 0 unspecified atom stereocenters. The second kappa shape index (κ2) is 7.42. The average molecular weight is 337 g/mol. The summed E-state index contributed by atoms with van der Waals surface area (Å²) in [4.78, 5) is 27.2. The van der Waals surface area contributed by atoms with E-state index in [1.54, 1.807) is 12.1 Å². The van der Waals surface area contributed by atoms with E-state index in [0.717, 1.165) is 30.9 Å². The zero-order valence-electron chi connectivity index (χ0n) is 13.3. The summed E-state index contributed by atoms with van der Waals surface area (Å²) in [7, 11) is 0. The quantitative estimate of drug-likeness (QED) is 0.858. The van der Waals surface area contributed by atoms with E-state index in [0.29, 0.717) is 24.4 Å². The van der Waals surface area contributed by atoms with Gasteiger partial charge in [-0.2, -0.15) is 0 Å². The summed E-state index contributed by atoms with van der Waals surface area (Å²) < 4.78 is 5.54. The first-order chi connectivity index (χ1) is 11.2. The van der Waals surface area contributed by atoms with Gasteiger partial charge in [0, 0.05) is 26.2 Å². The van der Waals surface area contributed by atoms with E-state index in [1.807, 2.05) is 11.8 Å². The zero-order chi connectivity index (χ0) is 16.2. The number of likely N-dealkylation sites (tertiary alicyclic amines) is 1. The van der Waals surface area contributed by atoms with Gasteiger partial charge in [-0.05, 0) is 38.3 Å². The van der Waals surface area contributed by atoms with Crippen LogP contribution in [-0.4, -0.2) is 55.1 Å². The Morgan fingerprint density at radius 2 is 2.17 bits per heavy atom. The number of hydrogen-bond acceptors (Lipinski definition) is 5. The number of nitrogens with zero attached hydrogens (tertiary/aromatic N) is 1. The molecule has 126 valence electrons. The Bertz CT molecular complexity index is 569. The van der Waals surface area contributed by atoms with Gasteiger partial charge in [-0.25, -0.2) is 0 Å². The maximum atomic E-state index is 12.3. The van der Waals surface area contributed by atoms with E-state index >= 15 is 0 Å². The van der Waals surface area contributed by atoms with Crippen molar-refractivity contribution in [3.8, 4) is 0 Å². The molecule has 2 amide bonds. The highest BCUT2D eigenvalue weighted by atomic mass is 32.1. The number of nitrogens with one attached hydrogen (secondary N) is 2. The maximum absolute atomic E-state index is 12.3. The van der Waals surface area contributed by atoms with E-state index in [2.05, 4.69) is 10.6 Å². The number of anilines is 1. The van der Waals surface area contributed by atoms with Crippen LogP contribution in [0.1, 0.15) is 35.9 Å². The zero-order valence-corrected chi connectivity index (χ0v) is 14.2. The molecule has 7 heteroatoms. The van der Waals surface area contributed by atoms with Gasteiger partial charge in [-0.1, -0.05) is 0 Å². The standard InChI is InChI=1S/C16H23N3O3S/c1-2-22-11-9-12(17-10-11)15(20)18-14-6-5-13(23-14)16(21)19-7-3-4-8-19/h5-6,11-12,17H,2-4,7-10H2,1H3,(H,18,20)/t11-,12+/m1/s1. The van der Waals surface area contributed by atoms with Crippen molar-refractivity contribution >= 4 is 28.2 Å². The lowest BCUT2D eigenvalue weighted by Crippen LogP contribution is -2.35. The molecule has 2 aliphatic heterocycles. The van der Waals surface area contributed by atoms with E-state index in [4.69, 9.17) is 4.74 Å². The largest absolute Gasteiger partial charge is 0.377 e. The van der Waals surface area contributed by atoms with Crippen LogP contribution in [0.3, 0.4) is 0 Å². The van der Waals surface area contributed by atoms with E-state index in [-0.39, 0.29) is 24.0 Å². The Balaban J connectivity index is 1.54. The molecule has 1 aromatic heterocycles. The molecule has 2 N–H and O–H groups in total. The number of carbonyl (C=O) groups is 2. The molecule has 6 nitrogen and oxygen atoms in total. The highest BCUT2D eigenvalue weighted by molar-refractivity contribution is 7.18. The van der Waals surface area contributed by atoms with Gasteiger partial charge in [0.2, 0.25) is 5.91 Å². The Morgan fingerprint density at radius 1 is 1.39 bits per heavy atom. The normalized spacial score (nSPS) is 24.1. The molecule has 1 aromatic rings. The van der Waals surface area contributed by atoms with Crippen molar-refractivity contribution in [1.29, 1.82) is 0 Å². The monoisotopic (exact) mass is 337 g/mol. The van der Waals surface area contributed by atoms with Crippen LogP contribution >= 0.6 is 11.3 Å². The topological polar surface area (TPSA) is 70.7 Å². The fourth-order valence-corrected chi connectivity index (χ4v) is 3.95. The van der Waals surface area contributed by atoms with Crippen molar-refractivity contribution in [3.05, 3.63) is 17.0 Å². The van der Waals surface area contributed by atoms with Gasteiger partial charge in [0.05, 0.1) is 22.0 Å². The number of rotatable bonds is 5. The number of amides is 2. The smallest absolute Gasteiger partial charge is 0.263 e. The maximum Gasteiger partial charge on any atom is 0.263 e. The van der Waals surface area contributed by atoms with Crippen LogP contribution in [0.15, 0.2) is 12.1 Å². The average Bonchev–Trinajstić information content (AvgIpc) is 3.28. The third-order valence-corrected chi connectivity index (χ3v) is 5.25. The fraction of sp³-hybridized carbons (Fsp3) is 0.625. The van der Waals surface area contributed by atoms with E-state index in [1.165, 1.54) is 11.3 Å². The summed E-state index contributed by atoms with van der Waals surface area (Å²) in [6.07, 6.45) is 2.95. The van der Waals surface area contributed by atoms with Crippen molar-refractivity contribution in [2.45, 2.75) is 38.3 Å². The van der Waals surface area contributed by atoms with Crippen molar-refractivity contribution in [2.75, 3.05) is 31.6 Å². The molecule has 23 heavy (non-hydrogen) atoms. The Labute approximate surface area is 140 Å². The number of thiophene rings is 1. The SMILES string of the molecule is CCO[C@H]1CN[C@H](C(=O)Nc2ccc(C(=O)N3CCCC3)s2)C1. The highest BCUT2D eigenvalue weighted by Gasteiger charge is 2.30. The van der Waals surface area contributed by atoms with Gasteiger partial charge in [0.1, 0.15) is 0 Å². The molecule has 0 saturated carbocycles. The number of hydrogen-bond donors (Lipinski definition) is 2. The summed E-state index contributed by atoms with van der Waals surface area (Å²) in [6, 6.07) is 3.37. The summed E-state index contributed by atoms with van der Waals surface area (Å²) in [5, 5.41) is 6.80. The van der Waals surface area contributed by atoms with Gasteiger partial charge < -0.3 is 20.3 Å². The van der Waals surface area contributed by atoms with Crippen molar-refractivity contribution in [1.82, 2.24) is 10.2 Å². The van der Waals surface area contributed by atoms with Crippen LogP contribution < -0.4 is 10.6 Å². The molecule has 3 rings (SSSR count). The minimum atomic E-state index is -0.230. The number of ether oxygens (including phenoxy) is 1. The fourth-order valence-electron chi connectivity index (χ4n) is 3.07. The molecule has 2 aliphatic rings. The first-order valence-electron chi connectivity index (χ1n) is 8.22. The van der Waals surface area contributed by atoms with Crippen molar-refractivity contribution < 1.29 is 14.3 Å². The predicted octanol–water partition coefficient (Wildman–Crippen LogP) is 1.69. The van der Waals surface area contributed by atoms with E-state index < -0.39 is 0 Å². The van der Waals surface area contributed by atoms with Gasteiger partial charge in [-0.15, -0.1) is 11.3 Å². The molecule has 0 bridgehead atoms. The molecule has 0 aliphatic carbocycles. The molecule has 0 radical (unpaired) electrons. The lowest BCUT2D eigenvalue weighted by Gasteiger charge is -2.13. The minimum Gasteiger partial charge on any atom is -0.377 e. The van der Waals surface area contributed by atoms with Crippen LogP contribution in [-0.2, 0) is 9.53 Å². The van der Waals surface area contributed by atoms with Crippen LogP contribution in [0.25, 0.3) is 0 Å². The van der Waals surface area contributed by atoms with Crippen LogP contribution in [0, 0.1) is 0 Å². The van der Waals surface area contributed by atoms with Crippen LogP contribution in [0.4, 0.5) is 5.00 Å². The molecule has 0 aromatic carbocycles. The van der Waals surface area contributed by atoms with E-state index in [9.17, 15) is 9.59 Å². The molecule has 2 saturated heterocycles. The van der Waals surface area contributed by atoms with Crippen LogP contribution in [0.5, 0.6) is 0 Å². The minimum absolute atomic E-state index is 0.0609. The van der Waals surface area contributed by atoms with Gasteiger partial charge >= 0.3 is 0 Å². The lowest BCUT2D eigenvalue weighted by atomic mass is 10.2. The molecule has 0 spiro atoms. The predicted molar refractivity (Wildman–Crippen MR) is 89.9 cm³/mol. The third kappa shape index (κ3) is 3.91. The summed E-state index contributed by atoms with van der Waals surface area (Å²) in [6.45, 7) is 4.99. The van der Waals surface area contributed by atoms with Gasteiger partial charge in [0.25, 0.3) is 5.91 Å². The van der Waals surface area contributed by atoms with Crippen molar-refractivity contribution in [3.63, 3.8) is 0 Å². The first kappa shape index (κ1) is 16.4. The second-order valence-corrected chi connectivity index (χ2v) is 7.01. The Morgan fingerprint density at radius 3 is 2.91 bits per heavy atom. The third-order valence-electron chi connectivity index (χ3n) is 4.27. The second-order valence-electron chi connectivity index (χ2n) is 5.93. The van der Waals surface area contributed by atoms with Gasteiger partial charge in [0.15, 0.2) is 0 Å². The molecule has 2 fully saturated rings. The molecular formula is C16H23N3O3S. The Hall–Kier alpha value is -1.44. The summed E-state index contributed by atoms with van der Waals surface area (Å²) in [5.41, 5.74) is 0. The van der Waals surface area contributed by atoms with Crippen LogP contribution in [0.2, 0.25) is 0 Å². The molecule has 2 atom stereocenters. The summed E-state index contributed by atoms with van der Waals surface area (Å²) >= 11 is 1.34. The first-order valence-corrected chi connectivity index (χ1v) is 9.04. The van der Waals surface area contributed by atoms with Crippen molar-refractivity contribution in [2.24, 2.45) is 0 Å². The lowest BCUT2D eigenvalue weighted by molar-refractivity contribution is -0.118. The highest BCUT2D eigenvalue weighted by Crippen LogP contribution is 2.25. The molecular weight excluding hydrogens is 314 g/mol.